The first-order valence-corrected chi connectivity index (χ1v) is 6.88. The van der Waals surface area contributed by atoms with Gasteiger partial charge in [-0.2, -0.15) is 15.0 Å². The summed E-state index contributed by atoms with van der Waals surface area (Å²) in [4.78, 5) is 14.3. The Morgan fingerprint density at radius 3 is 2.65 bits per heavy atom. The van der Waals surface area contributed by atoms with Crippen molar-refractivity contribution in [1.29, 1.82) is 0 Å². The Hall–Kier alpha value is -1.51. The number of nitrogens with one attached hydrogen (secondary N) is 1. The molecular formula is C12H23N7O. The molecule has 1 aliphatic heterocycles. The van der Waals surface area contributed by atoms with Gasteiger partial charge in [0.2, 0.25) is 11.9 Å². The second kappa shape index (κ2) is 7.32. The summed E-state index contributed by atoms with van der Waals surface area (Å²) < 4.78 is 5.16. The molecule has 1 aliphatic rings. The van der Waals surface area contributed by atoms with Crippen LogP contribution in [0.2, 0.25) is 0 Å². The smallest absolute Gasteiger partial charge is 0.225 e. The molecule has 0 bridgehead atoms. The third-order valence-electron chi connectivity index (χ3n) is 3.33. The van der Waals surface area contributed by atoms with Gasteiger partial charge >= 0.3 is 0 Å². The minimum Gasteiger partial charge on any atom is -0.383 e. The van der Waals surface area contributed by atoms with Gasteiger partial charge in [0.1, 0.15) is 5.82 Å². The Morgan fingerprint density at radius 2 is 2.05 bits per heavy atom. The lowest BCUT2D eigenvalue weighted by molar-refractivity contribution is 0.136. The molecule has 1 unspecified atom stereocenters. The quantitative estimate of drug-likeness (QED) is 0.597. The summed E-state index contributed by atoms with van der Waals surface area (Å²) in [6.07, 6.45) is 2.43. The number of hydrogen-bond donors (Lipinski definition) is 3. The molecule has 1 aromatic rings. The fraction of sp³-hybridized carbons (Fsp3) is 0.750. The average Bonchev–Trinajstić information content (AvgIpc) is 2.87. The third kappa shape index (κ3) is 4.55. The first-order chi connectivity index (χ1) is 9.67. The van der Waals surface area contributed by atoms with Crippen LogP contribution in [-0.4, -0.2) is 59.2 Å². The van der Waals surface area contributed by atoms with Crippen LogP contribution >= 0.6 is 0 Å². The molecule has 8 nitrogen and oxygen atoms in total. The van der Waals surface area contributed by atoms with E-state index in [1.54, 1.807) is 7.11 Å². The summed E-state index contributed by atoms with van der Waals surface area (Å²) in [5.74, 6) is 0.931. The van der Waals surface area contributed by atoms with E-state index in [4.69, 9.17) is 16.2 Å². The van der Waals surface area contributed by atoms with Crippen molar-refractivity contribution in [3.8, 4) is 0 Å². The zero-order valence-electron chi connectivity index (χ0n) is 11.9. The van der Waals surface area contributed by atoms with Gasteiger partial charge in [-0.3, -0.25) is 4.90 Å². The van der Waals surface area contributed by atoms with Crippen LogP contribution in [0.1, 0.15) is 18.7 Å². The van der Waals surface area contributed by atoms with Gasteiger partial charge in [-0.25, -0.2) is 0 Å². The second-order valence-corrected chi connectivity index (χ2v) is 4.99. The van der Waals surface area contributed by atoms with Crippen molar-refractivity contribution >= 4 is 11.9 Å². The number of hydrogen-bond acceptors (Lipinski definition) is 8. The molecule has 1 saturated heterocycles. The van der Waals surface area contributed by atoms with Gasteiger partial charge in [0, 0.05) is 26.2 Å². The van der Waals surface area contributed by atoms with Gasteiger partial charge in [-0.15, -0.1) is 0 Å². The molecule has 5 N–H and O–H groups in total. The van der Waals surface area contributed by atoms with Crippen molar-refractivity contribution in [2.24, 2.45) is 0 Å². The molecule has 20 heavy (non-hydrogen) atoms. The normalized spacial score (nSPS) is 18.8. The molecule has 1 atom stereocenters. The Morgan fingerprint density at radius 1 is 1.30 bits per heavy atom. The number of ether oxygens (including phenoxy) is 1. The maximum atomic E-state index is 5.60. The van der Waals surface area contributed by atoms with E-state index in [0.29, 0.717) is 25.0 Å². The van der Waals surface area contributed by atoms with Crippen LogP contribution in [-0.2, 0) is 11.3 Å². The fourth-order valence-electron chi connectivity index (χ4n) is 2.41. The third-order valence-corrected chi connectivity index (χ3v) is 3.33. The minimum absolute atomic E-state index is 0.165. The molecule has 0 aromatic carbocycles. The van der Waals surface area contributed by atoms with Crippen molar-refractivity contribution in [2.75, 3.05) is 44.8 Å². The summed E-state index contributed by atoms with van der Waals surface area (Å²) in [6.45, 7) is 4.12. The van der Waals surface area contributed by atoms with E-state index >= 15 is 0 Å². The van der Waals surface area contributed by atoms with Crippen LogP contribution in [0.15, 0.2) is 0 Å². The van der Waals surface area contributed by atoms with Gasteiger partial charge < -0.3 is 21.5 Å². The van der Waals surface area contributed by atoms with E-state index in [9.17, 15) is 0 Å². The molecule has 0 aliphatic carbocycles. The van der Waals surface area contributed by atoms with E-state index < -0.39 is 0 Å². The number of nitrogens with two attached hydrogens (primary N) is 2. The van der Waals surface area contributed by atoms with E-state index in [2.05, 4.69) is 25.2 Å². The lowest BCUT2D eigenvalue weighted by Gasteiger charge is -2.24. The highest BCUT2D eigenvalue weighted by Crippen LogP contribution is 2.09. The van der Waals surface area contributed by atoms with Crippen LogP contribution in [0.25, 0.3) is 0 Å². The summed E-state index contributed by atoms with van der Waals surface area (Å²) in [6, 6.07) is 0.517. The zero-order chi connectivity index (χ0) is 14.4. The highest BCUT2D eigenvalue weighted by molar-refractivity contribution is 5.25. The van der Waals surface area contributed by atoms with Crippen LogP contribution in [0.5, 0.6) is 0 Å². The molecule has 1 fully saturated rings. The van der Waals surface area contributed by atoms with Gasteiger partial charge in [0.15, 0.2) is 0 Å². The van der Waals surface area contributed by atoms with Crippen molar-refractivity contribution in [1.82, 2.24) is 25.2 Å². The lowest BCUT2D eigenvalue weighted by atomic mass is 10.2. The van der Waals surface area contributed by atoms with E-state index in [1.165, 1.54) is 12.8 Å². The first-order valence-electron chi connectivity index (χ1n) is 6.88. The molecule has 1 aromatic heterocycles. The van der Waals surface area contributed by atoms with Crippen molar-refractivity contribution in [2.45, 2.75) is 25.4 Å². The molecule has 0 radical (unpaired) electrons. The maximum absolute atomic E-state index is 5.60. The Balaban J connectivity index is 1.97. The van der Waals surface area contributed by atoms with Crippen molar-refractivity contribution < 1.29 is 4.74 Å². The Kier molecular flexibility index (Phi) is 5.45. The predicted molar refractivity (Wildman–Crippen MR) is 76.8 cm³/mol. The second-order valence-electron chi connectivity index (χ2n) is 4.99. The highest BCUT2D eigenvalue weighted by atomic mass is 16.5. The SMILES string of the molecule is COCCN(Cc1nc(N)nc(N)n1)CC1CCCN1. The summed E-state index contributed by atoms with van der Waals surface area (Å²) >= 11 is 0. The van der Waals surface area contributed by atoms with E-state index in [0.717, 1.165) is 19.6 Å². The van der Waals surface area contributed by atoms with Crippen LogP contribution in [0.3, 0.4) is 0 Å². The molecule has 0 spiro atoms. The molecule has 112 valence electrons. The number of nitrogens with zero attached hydrogens (tertiary/aromatic N) is 4. The lowest BCUT2D eigenvalue weighted by Crippen LogP contribution is -2.39. The monoisotopic (exact) mass is 281 g/mol. The van der Waals surface area contributed by atoms with E-state index in [1.807, 2.05) is 0 Å². The number of aromatic nitrogens is 3. The van der Waals surface area contributed by atoms with Crippen LogP contribution in [0, 0.1) is 0 Å². The average molecular weight is 281 g/mol. The van der Waals surface area contributed by atoms with Crippen LogP contribution < -0.4 is 16.8 Å². The zero-order valence-corrected chi connectivity index (χ0v) is 11.9. The number of nitrogen functional groups attached to an aromatic ring is 2. The molecular weight excluding hydrogens is 258 g/mol. The standard InChI is InChI=1S/C12H23N7O/c1-20-6-5-19(7-9-3-2-4-15-9)8-10-16-11(13)18-12(14)17-10/h9,15H,2-8H2,1H3,(H4,13,14,16,17,18). The molecule has 2 heterocycles. The number of methoxy groups -OCH3 is 1. The maximum Gasteiger partial charge on any atom is 0.225 e. The largest absolute Gasteiger partial charge is 0.383 e. The molecule has 2 rings (SSSR count). The summed E-state index contributed by atoms with van der Waals surface area (Å²) in [5, 5.41) is 3.49. The summed E-state index contributed by atoms with van der Waals surface area (Å²) in [5.41, 5.74) is 11.2. The van der Waals surface area contributed by atoms with Crippen molar-refractivity contribution in [3.63, 3.8) is 0 Å². The first kappa shape index (κ1) is 14.9. The number of rotatable bonds is 7. The number of anilines is 2. The van der Waals surface area contributed by atoms with Gasteiger partial charge in [0.05, 0.1) is 13.2 Å². The summed E-state index contributed by atoms with van der Waals surface area (Å²) in [7, 11) is 1.70. The highest BCUT2D eigenvalue weighted by Gasteiger charge is 2.19. The topological polar surface area (TPSA) is 115 Å². The van der Waals surface area contributed by atoms with Crippen molar-refractivity contribution in [3.05, 3.63) is 5.82 Å². The van der Waals surface area contributed by atoms with Crippen LogP contribution in [0.4, 0.5) is 11.9 Å². The van der Waals surface area contributed by atoms with Gasteiger partial charge in [-0.05, 0) is 19.4 Å². The molecule has 8 heteroatoms. The van der Waals surface area contributed by atoms with Gasteiger partial charge in [0.25, 0.3) is 0 Å². The Labute approximate surface area is 118 Å². The minimum atomic E-state index is 0.165. The Bertz CT molecular complexity index is 402. The predicted octanol–water partition coefficient (Wildman–Crippen LogP) is -0.764. The van der Waals surface area contributed by atoms with Gasteiger partial charge in [-0.1, -0.05) is 0 Å². The fourth-order valence-corrected chi connectivity index (χ4v) is 2.41. The molecule has 0 amide bonds. The van der Waals surface area contributed by atoms with E-state index in [-0.39, 0.29) is 11.9 Å². The molecule has 0 saturated carbocycles.